The molecule has 2 aromatic rings. The second kappa shape index (κ2) is 10.8. The van der Waals surface area contributed by atoms with Gasteiger partial charge in [0.25, 0.3) is 0 Å². The predicted molar refractivity (Wildman–Crippen MR) is 107 cm³/mol. The van der Waals surface area contributed by atoms with Crippen LogP contribution in [0.25, 0.3) is 0 Å². The highest BCUT2D eigenvalue weighted by molar-refractivity contribution is 5.93. The van der Waals surface area contributed by atoms with Crippen molar-refractivity contribution >= 4 is 23.7 Å². The Hall–Kier alpha value is -3.15. The summed E-state index contributed by atoms with van der Waals surface area (Å²) in [4.78, 5) is 23.6. The lowest BCUT2D eigenvalue weighted by atomic mass is 10.2. The van der Waals surface area contributed by atoms with E-state index in [1.165, 1.54) is 0 Å². The number of nitrogens with one attached hydrogen (secondary N) is 2. The minimum absolute atomic E-state index is 0.0683. The molecule has 0 aliphatic rings. The molecule has 2 N–H and O–H groups in total. The molecule has 2 aromatic carbocycles. The monoisotopic (exact) mass is 367 g/mol. The van der Waals surface area contributed by atoms with Gasteiger partial charge in [0.1, 0.15) is 5.75 Å². The van der Waals surface area contributed by atoms with Gasteiger partial charge < -0.3 is 10.1 Å². The number of anilines is 1. The molecule has 0 saturated carbocycles. The zero-order valence-electron chi connectivity index (χ0n) is 15.7. The van der Waals surface area contributed by atoms with Crippen molar-refractivity contribution in [1.82, 2.24) is 5.43 Å². The highest BCUT2D eigenvalue weighted by Crippen LogP contribution is 2.11. The van der Waals surface area contributed by atoms with Gasteiger partial charge in [-0.05, 0) is 55.3 Å². The number of rotatable bonds is 9. The van der Waals surface area contributed by atoms with Crippen molar-refractivity contribution in [2.24, 2.45) is 5.10 Å². The SMILES string of the molecule is CCCOc1ccc(C=NNC(=O)CCC(=O)Nc2ccc(C)cc2)cc1. The second-order valence-corrected chi connectivity index (χ2v) is 6.12. The molecule has 0 aliphatic carbocycles. The van der Waals surface area contributed by atoms with E-state index in [4.69, 9.17) is 4.74 Å². The van der Waals surface area contributed by atoms with Crippen molar-refractivity contribution in [2.45, 2.75) is 33.1 Å². The lowest BCUT2D eigenvalue weighted by molar-refractivity contribution is -0.124. The highest BCUT2D eigenvalue weighted by Gasteiger charge is 2.06. The van der Waals surface area contributed by atoms with Crippen LogP contribution in [0.3, 0.4) is 0 Å². The fourth-order valence-electron chi connectivity index (χ4n) is 2.19. The zero-order valence-corrected chi connectivity index (χ0v) is 15.7. The predicted octanol–water partition coefficient (Wildman–Crippen LogP) is 3.65. The average Bonchev–Trinajstić information content (AvgIpc) is 2.67. The van der Waals surface area contributed by atoms with Crippen LogP contribution in [-0.4, -0.2) is 24.6 Å². The van der Waals surface area contributed by atoms with E-state index in [0.29, 0.717) is 6.61 Å². The first-order valence-corrected chi connectivity index (χ1v) is 8.98. The molecular weight excluding hydrogens is 342 g/mol. The molecule has 0 atom stereocenters. The molecule has 142 valence electrons. The van der Waals surface area contributed by atoms with Crippen LogP contribution in [0, 0.1) is 6.92 Å². The molecule has 0 spiro atoms. The maximum Gasteiger partial charge on any atom is 0.240 e. The molecule has 0 unspecified atom stereocenters. The number of amides is 2. The highest BCUT2D eigenvalue weighted by atomic mass is 16.5. The van der Waals surface area contributed by atoms with Gasteiger partial charge in [-0.3, -0.25) is 9.59 Å². The van der Waals surface area contributed by atoms with E-state index in [1.807, 2.05) is 55.5 Å². The Morgan fingerprint density at radius 1 is 1.00 bits per heavy atom. The van der Waals surface area contributed by atoms with Crippen LogP contribution >= 0.6 is 0 Å². The summed E-state index contributed by atoms with van der Waals surface area (Å²) in [5.74, 6) is 0.284. The molecule has 0 fully saturated rings. The van der Waals surface area contributed by atoms with E-state index in [-0.39, 0.29) is 24.7 Å². The van der Waals surface area contributed by atoms with Crippen LogP contribution < -0.4 is 15.5 Å². The van der Waals surface area contributed by atoms with Crippen molar-refractivity contribution in [3.05, 3.63) is 59.7 Å². The molecule has 27 heavy (non-hydrogen) atoms. The molecular formula is C21H25N3O3. The topological polar surface area (TPSA) is 79.8 Å². The maximum atomic E-state index is 11.9. The summed E-state index contributed by atoms with van der Waals surface area (Å²) in [5.41, 5.74) is 5.11. The van der Waals surface area contributed by atoms with Gasteiger partial charge in [-0.15, -0.1) is 0 Å². The molecule has 0 bridgehead atoms. The van der Waals surface area contributed by atoms with Crippen molar-refractivity contribution in [3.63, 3.8) is 0 Å². The summed E-state index contributed by atoms with van der Waals surface area (Å²) in [7, 11) is 0. The van der Waals surface area contributed by atoms with Gasteiger partial charge in [0.2, 0.25) is 11.8 Å². The summed E-state index contributed by atoms with van der Waals surface area (Å²) in [5, 5.41) is 6.66. The van der Waals surface area contributed by atoms with Crippen molar-refractivity contribution in [1.29, 1.82) is 0 Å². The van der Waals surface area contributed by atoms with Gasteiger partial charge >= 0.3 is 0 Å². The third-order valence-electron chi connectivity index (χ3n) is 3.67. The summed E-state index contributed by atoms with van der Waals surface area (Å²) in [6, 6.07) is 14.9. The number of aryl methyl sites for hydroxylation is 1. The van der Waals surface area contributed by atoms with Gasteiger partial charge in [-0.1, -0.05) is 24.6 Å². The van der Waals surface area contributed by atoms with Crippen molar-refractivity contribution in [3.8, 4) is 5.75 Å². The van der Waals surface area contributed by atoms with E-state index in [9.17, 15) is 9.59 Å². The fraction of sp³-hybridized carbons (Fsp3) is 0.286. The van der Waals surface area contributed by atoms with E-state index in [1.54, 1.807) is 6.21 Å². The summed E-state index contributed by atoms with van der Waals surface area (Å²) >= 11 is 0. The molecule has 2 amide bonds. The first-order valence-electron chi connectivity index (χ1n) is 8.98. The molecule has 0 aliphatic heterocycles. The van der Waals surface area contributed by atoms with Gasteiger partial charge in [0, 0.05) is 18.5 Å². The lowest BCUT2D eigenvalue weighted by Crippen LogP contribution is -2.20. The number of carbonyl (C=O) groups excluding carboxylic acids is 2. The number of ether oxygens (including phenoxy) is 1. The van der Waals surface area contributed by atoms with Crippen LogP contribution in [0.1, 0.15) is 37.3 Å². The lowest BCUT2D eigenvalue weighted by Gasteiger charge is -2.05. The number of benzene rings is 2. The number of nitrogens with zero attached hydrogens (tertiary/aromatic N) is 1. The van der Waals surface area contributed by atoms with Crippen molar-refractivity contribution in [2.75, 3.05) is 11.9 Å². The molecule has 2 rings (SSSR count). The minimum atomic E-state index is -0.312. The van der Waals surface area contributed by atoms with Gasteiger partial charge in [0.05, 0.1) is 12.8 Å². The third-order valence-corrected chi connectivity index (χ3v) is 3.67. The maximum absolute atomic E-state index is 11.9. The first kappa shape index (κ1) is 20.2. The van der Waals surface area contributed by atoms with Crippen LogP contribution in [0.15, 0.2) is 53.6 Å². The third kappa shape index (κ3) is 7.73. The molecule has 0 heterocycles. The number of hydrogen-bond donors (Lipinski definition) is 2. The number of hydrazone groups is 1. The Bertz CT molecular complexity index is 768. The first-order chi connectivity index (χ1) is 13.1. The molecule has 0 radical (unpaired) electrons. The Labute approximate surface area is 159 Å². The quantitative estimate of drug-likeness (QED) is 0.524. The van der Waals surface area contributed by atoms with Crippen LogP contribution in [0.4, 0.5) is 5.69 Å². The molecule has 0 aromatic heterocycles. The van der Waals surface area contributed by atoms with Crippen molar-refractivity contribution < 1.29 is 14.3 Å². The van der Waals surface area contributed by atoms with E-state index < -0.39 is 0 Å². The Morgan fingerprint density at radius 2 is 1.67 bits per heavy atom. The number of carbonyl (C=O) groups is 2. The van der Waals surface area contributed by atoms with E-state index in [2.05, 4.69) is 22.8 Å². The second-order valence-electron chi connectivity index (χ2n) is 6.12. The normalized spacial score (nSPS) is 10.6. The minimum Gasteiger partial charge on any atom is -0.494 e. The fourth-order valence-corrected chi connectivity index (χ4v) is 2.19. The standard InChI is InChI=1S/C21H25N3O3/c1-3-14-27-19-10-6-17(7-11-19)15-22-24-21(26)13-12-20(25)23-18-8-4-16(2)5-9-18/h4-11,15H,3,12-14H2,1-2H3,(H,23,25)(H,24,26). The van der Waals surface area contributed by atoms with Gasteiger partial charge in [-0.25, -0.2) is 5.43 Å². The molecule has 0 saturated heterocycles. The zero-order chi connectivity index (χ0) is 19.5. The van der Waals surface area contributed by atoms with Crippen LogP contribution in [-0.2, 0) is 9.59 Å². The largest absolute Gasteiger partial charge is 0.494 e. The van der Waals surface area contributed by atoms with E-state index >= 15 is 0 Å². The molecule has 6 nitrogen and oxygen atoms in total. The Morgan fingerprint density at radius 3 is 2.33 bits per heavy atom. The molecule has 6 heteroatoms. The smallest absolute Gasteiger partial charge is 0.240 e. The van der Waals surface area contributed by atoms with Crippen LogP contribution in [0.2, 0.25) is 0 Å². The number of hydrogen-bond acceptors (Lipinski definition) is 4. The Balaban J connectivity index is 1.69. The van der Waals surface area contributed by atoms with Crippen LogP contribution in [0.5, 0.6) is 5.75 Å². The van der Waals surface area contributed by atoms with Gasteiger partial charge in [-0.2, -0.15) is 5.10 Å². The Kier molecular flexibility index (Phi) is 8.03. The summed E-state index contributed by atoms with van der Waals surface area (Å²) in [6.07, 6.45) is 2.67. The van der Waals surface area contributed by atoms with E-state index in [0.717, 1.165) is 29.0 Å². The van der Waals surface area contributed by atoms with Gasteiger partial charge in [0.15, 0.2) is 0 Å². The average molecular weight is 367 g/mol. The summed E-state index contributed by atoms with van der Waals surface area (Å²) < 4.78 is 5.50. The summed E-state index contributed by atoms with van der Waals surface area (Å²) in [6.45, 7) is 4.71.